The molecule has 8 rings (SSSR count). The largest absolute Gasteiger partial charge is 0.295 e. The molecule has 0 spiro atoms. The Kier molecular flexibility index (Phi) is 4.49. The van der Waals surface area contributed by atoms with Gasteiger partial charge in [-0.05, 0) is 47.5 Å². The van der Waals surface area contributed by atoms with E-state index in [0.29, 0.717) is 0 Å². The number of para-hydroxylation sites is 3. The predicted octanol–water partition coefficient (Wildman–Crippen LogP) is 8.69. The maximum absolute atomic E-state index is 5.25. The van der Waals surface area contributed by atoms with Gasteiger partial charge in [-0.3, -0.25) is 14.5 Å². The number of hydrogen-bond donors (Lipinski definition) is 0. The Bertz CT molecular complexity index is 1990. The van der Waals surface area contributed by atoms with Crippen molar-refractivity contribution in [3.8, 4) is 27.9 Å². The van der Waals surface area contributed by atoms with Crippen LogP contribution in [-0.2, 0) is 0 Å². The van der Waals surface area contributed by atoms with E-state index in [0.717, 1.165) is 56.1 Å². The number of pyridine rings is 2. The average molecular weight is 487 g/mol. The monoisotopic (exact) mass is 486 g/mol. The molecule has 178 valence electrons. The van der Waals surface area contributed by atoms with Crippen molar-refractivity contribution >= 4 is 39.1 Å². The van der Waals surface area contributed by atoms with Crippen LogP contribution in [0.25, 0.3) is 49.7 Å². The number of benzene rings is 4. The van der Waals surface area contributed by atoms with Crippen molar-refractivity contribution < 1.29 is 0 Å². The normalized spacial score (nSPS) is 12.2. The second-order valence-corrected chi connectivity index (χ2v) is 9.55. The molecule has 0 fully saturated rings. The fourth-order valence-electron chi connectivity index (χ4n) is 5.74. The van der Waals surface area contributed by atoms with Crippen LogP contribution >= 0.6 is 0 Å². The highest BCUT2D eigenvalue weighted by Crippen LogP contribution is 2.48. The molecule has 4 heteroatoms. The lowest BCUT2D eigenvalue weighted by molar-refractivity contribution is 1.07. The molecule has 4 nitrogen and oxygen atoms in total. The second kappa shape index (κ2) is 8.15. The van der Waals surface area contributed by atoms with Gasteiger partial charge in [0, 0.05) is 34.3 Å². The first-order valence-corrected chi connectivity index (χ1v) is 12.8. The van der Waals surface area contributed by atoms with E-state index < -0.39 is 0 Å². The molecular formula is C34H22N4. The predicted molar refractivity (Wildman–Crippen MR) is 155 cm³/mol. The standard InChI is InChI=1S/C34H22N4/c1-2-10-23(11-3-1)27-21-33(36-29-15-7-5-13-25(27)29)38-32-18-19-35-22-28(32)26-14-6-9-17-31(26)37-30-16-8-4-12-24(30)20-34(37)38/h1-22H. The maximum Gasteiger partial charge on any atom is 0.140 e. The van der Waals surface area contributed by atoms with E-state index in [4.69, 9.17) is 4.98 Å². The van der Waals surface area contributed by atoms with Crippen LogP contribution in [0.15, 0.2) is 134 Å². The molecule has 0 radical (unpaired) electrons. The van der Waals surface area contributed by atoms with Gasteiger partial charge in [0.2, 0.25) is 0 Å². The van der Waals surface area contributed by atoms with Gasteiger partial charge in [0.1, 0.15) is 11.6 Å². The molecule has 7 aromatic rings. The molecule has 0 saturated heterocycles. The van der Waals surface area contributed by atoms with Crippen LogP contribution in [0.5, 0.6) is 0 Å². The van der Waals surface area contributed by atoms with Gasteiger partial charge in [-0.2, -0.15) is 0 Å². The summed E-state index contributed by atoms with van der Waals surface area (Å²) in [7, 11) is 0. The van der Waals surface area contributed by atoms with E-state index in [9.17, 15) is 0 Å². The van der Waals surface area contributed by atoms with Crippen LogP contribution in [0.4, 0.5) is 17.3 Å². The van der Waals surface area contributed by atoms with Crippen molar-refractivity contribution in [3.05, 3.63) is 134 Å². The first-order valence-electron chi connectivity index (χ1n) is 12.8. The summed E-state index contributed by atoms with van der Waals surface area (Å²) in [5.74, 6) is 1.91. The number of fused-ring (bicyclic) bond motifs is 8. The van der Waals surface area contributed by atoms with Crippen LogP contribution < -0.4 is 4.90 Å². The van der Waals surface area contributed by atoms with Crippen LogP contribution in [0.3, 0.4) is 0 Å². The van der Waals surface area contributed by atoms with Gasteiger partial charge in [-0.15, -0.1) is 0 Å². The van der Waals surface area contributed by atoms with E-state index >= 15 is 0 Å². The third-order valence-corrected chi connectivity index (χ3v) is 7.41. The van der Waals surface area contributed by atoms with Gasteiger partial charge < -0.3 is 0 Å². The number of hydrogen-bond acceptors (Lipinski definition) is 3. The van der Waals surface area contributed by atoms with E-state index in [-0.39, 0.29) is 0 Å². The summed E-state index contributed by atoms with van der Waals surface area (Å²) in [5.41, 5.74) is 8.85. The Morgan fingerprint density at radius 1 is 0.579 bits per heavy atom. The van der Waals surface area contributed by atoms with Crippen molar-refractivity contribution in [3.63, 3.8) is 0 Å². The molecule has 0 saturated carbocycles. The minimum atomic E-state index is 0.867. The van der Waals surface area contributed by atoms with Crippen molar-refractivity contribution in [1.82, 2.24) is 14.5 Å². The SMILES string of the molecule is c1ccc(-c2cc(N3c4ccncc4-c4ccccc4-n4c3cc3ccccc34)nc3ccccc23)cc1. The third kappa shape index (κ3) is 3.04. The maximum atomic E-state index is 5.25. The fourth-order valence-corrected chi connectivity index (χ4v) is 5.74. The lowest BCUT2D eigenvalue weighted by Crippen LogP contribution is -2.14. The molecule has 0 N–H and O–H groups in total. The van der Waals surface area contributed by atoms with E-state index in [1.807, 2.05) is 12.4 Å². The summed E-state index contributed by atoms with van der Waals surface area (Å²) in [6, 6.07) is 42.7. The highest BCUT2D eigenvalue weighted by Gasteiger charge is 2.29. The van der Waals surface area contributed by atoms with Crippen molar-refractivity contribution in [1.29, 1.82) is 0 Å². The summed E-state index contributed by atoms with van der Waals surface area (Å²) < 4.78 is 2.35. The second-order valence-electron chi connectivity index (χ2n) is 9.55. The Labute approximate surface area is 220 Å². The van der Waals surface area contributed by atoms with E-state index in [1.54, 1.807) is 0 Å². The van der Waals surface area contributed by atoms with Crippen molar-refractivity contribution in [2.75, 3.05) is 4.90 Å². The first-order chi connectivity index (χ1) is 18.9. The van der Waals surface area contributed by atoms with Crippen molar-refractivity contribution in [2.45, 2.75) is 0 Å². The first kappa shape index (κ1) is 20.9. The lowest BCUT2D eigenvalue weighted by Gasteiger charge is -2.25. The molecule has 3 aromatic heterocycles. The zero-order valence-electron chi connectivity index (χ0n) is 20.5. The summed E-state index contributed by atoms with van der Waals surface area (Å²) in [6.07, 6.45) is 3.83. The van der Waals surface area contributed by atoms with Crippen LogP contribution in [-0.4, -0.2) is 14.5 Å². The quantitative estimate of drug-likeness (QED) is 0.245. The molecule has 0 atom stereocenters. The van der Waals surface area contributed by atoms with Gasteiger partial charge in [0.25, 0.3) is 0 Å². The molecule has 1 aliphatic rings. The summed E-state index contributed by atoms with van der Waals surface area (Å²) in [5, 5.41) is 2.32. The Morgan fingerprint density at radius 3 is 2.32 bits per heavy atom. The molecule has 0 amide bonds. The molecule has 0 aliphatic carbocycles. The van der Waals surface area contributed by atoms with Gasteiger partial charge >= 0.3 is 0 Å². The number of nitrogens with zero attached hydrogens (tertiary/aromatic N) is 4. The molecule has 0 bridgehead atoms. The number of rotatable bonds is 2. The van der Waals surface area contributed by atoms with E-state index in [2.05, 4.69) is 136 Å². The highest BCUT2D eigenvalue weighted by atomic mass is 15.3. The summed E-state index contributed by atoms with van der Waals surface area (Å²) in [6.45, 7) is 0. The average Bonchev–Trinajstić information content (AvgIpc) is 3.31. The molecule has 38 heavy (non-hydrogen) atoms. The minimum Gasteiger partial charge on any atom is -0.295 e. The molecule has 0 unspecified atom stereocenters. The van der Waals surface area contributed by atoms with Gasteiger partial charge in [0.15, 0.2) is 0 Å². The fraction of sp³-hybridized carbons (Fsp3) is 0. The van der Waals surface area contributed by atoms with Crippen molar-refractivity contribution in [2.24, 2.45) is 0 Å². The molecule has 4 aromatic carbocycles. The number of aromatic nitrogens is 3. The third-order valence-electron chi connectivity index (χ3n) is 7.41. The van der Waals surface area contributed by atoms with Crippen LogP contribution in [0.2, 0.25) is 0 Å². The topological polar surface area (TPSA) is 34.0 Å². The number of anilines is 3. The summed E-state index contributed by atoms with van der Waals surface area (Å²) >= 11 is 0. The smallest absolute Gasteiger partial charge is 0.140 e. The van der Waals surface area contributed by atoms with Gasteiger partial charge in [0.05, 0.1) is 22.4 Å². The highest BCUT2D eigenvalue weighted by molar-refractivity contribution is 6.01. The molecule has 1 aliphatic heterocycles. The van der Waals surface area contributed by atoms with Crippen LogP contribution in [0, 0.1) is 0 Å². The Hall–Kier alpha value is -5.22. The minimum absolute atomic E-state index is 0.867. The van der Waals surface area contributed by atoms with Gasteiger partial charge in [-0.1, -0.05) is 84.9 Å². The summed E-state index contributed by atoms with van der Waals surface area (Å²) in [4.78, 5) is 12.1. The Balaban J connectivity index is 1.51. The zero-order valence-corrected chi connectivity index (χ0v) is 20.5. The van der Waals surface area contributed by atoms with Crippen LogP contribution in [0.1, 0.15) is 0 Å². The zero-order chi connectivity index (χ0) is 25.1. The molecule has 4 heterocycles. The Morgan fingerprint density at radius 2 is 1.37 bits per heavy atom. The molecular weight excluding hydrogens is 464 g/mol. The van der Waals surface area contributed by atoms with Gasteiger partial charge in [-0.25, -0.2) is 4.98 Å². The van der Waals surface area contributed by atoms with E-state index in [1.165, 1.54) is 10.9 Å². The lowest BCUT2D eigenvalue weighted by atomic mass is 10.0.